The van der Waals surface area contributed by atoms with Crippen molar-refractivity contribution in [3.8, 4) is 0 Å². The van der Waals surface area contributed by atoms with Crippen LogP contribution in [-0.4, -0.2) is 29.4 Å². The summed E-state index contributed by atoms with van der Waals surface area (Å²) in [6.45, 7) is 2.72. The van der Waals surface area contributed by atoms with Crippen LogP contribution in [0.5, 0.6) is 0 Å². The third kappa shape index (κ3) is 3.75. The molecule has 0 spiro atoms. The minimum Gasteiger partial charge on any atom is -0.396 e. The maximum atomic E-state index is 9.71. The summed E-state index contributed by atoms with van der Waals surface area (Å²) in [4.78, 5) is 0.980. The molecule has 14 heavy (non-hydrogen) atoms. The van der Waals surface area contributed by atoms with Crippen LogP contribution in [0.15, 0.2) is 17.5 Å². The lowest BCUT2D eigenvalue weighted by atomic mass is 10.2. The van der Waals surface area contributed by atoms with Crippen molar-refractivity contribution in [3.63, 3.8) is 0 Å². The number of aliphatic hydroxyl groups is 2. The second-order valence-electron chi connectivity index (χ2n) is 3.35. The van der Waals surface area contributed by atoms with E-state index in [2.05, 4.69) is 5.32 Å². The highest BCUT2D eigenvalue weighted by atomic mass is 32.1. The summed E-state index contributed by atoms with van der Waals surface area (Å²) >= 11 is 1.56. The van der Waals surface area contributed by atoms with Crippen LogP contribution in [-0.2, 0) is 0 Å². The monoisotopic (exact) mass is 215 g/mol. The summed E-state index contributed by atoms with van der Waals surface area (Å²) in [5, 5.41) is 23.5. The molecule has 0 aliphatic carbocycles. The van der Waals surface area contributed by atoms with Crippen LogP contribution in [0.4, 0.5) is 0 Å². The zero-order chi connectivity index (χ0) is 10.4. The molecule has 0 fully saturated rings. The molecule has 1 rings (SSSR count). The molecule has 2 atom stereocenters. The summed E-state index contributed by atoms with van der Waals surface area (Å²) in [7, 11) is 0. The van der Waals surface area contributed by atoms with Gasteiger partial charge in [0.1, 0.15) is 6.10 Å². The van der Waals surface area contributed by atoms with Crippen molar-refractivity contribution < 1.29 is 10.2 Å². The molecule has 0 saturated heterocycles. The fraction of sp³-hybridized carbons (Fsp3) is 0.600. The average Bonchev–Trinajstić information content (AvgIpc) is 2.67. The molecule has 0 aliphatic rings. The first-order valence-corrected chi connectivity index (χ1v) is 5.67. The summed E-state index contributed by atoms with van der Waals surface area (Å²) in [6.07, 6.45) is 0.285. The van der Waals surface area contributed by atoms with Crippen LogP contribution >= 0.6 is 11.3 Å². The van der Waals surface area contributed by atoms with Gasteiger partial charge in [-0.2, -0.15) is 0 Å². The SMILES string of the molecule is CC(CCO)NCC(O)c1cccs1. The third-order valence-corrected chi connectivity index (χ3v) is 3.07. The lowest BCUT2D eigenvalue weighted by molar-refractivity contribution is 0.170. The van der Waals surface area contributed by atoms with E-state index in [-0.39, 0.29) is 12.6 Å². The normalized spacial score (nSPS) is 15.4. The van der Waals surface area contributed by atoms with E-state index in [1.54, 1.807) is 11.3 Å². The van der Waals surface area contributed by atoms with Crippen LogP contribution in [0.3, 0.4) is 0 Å². The van der Waals surface area contributed by atoms with Crippen LogP contribution in [0.25, 0.3) is 0 Å². The molecular weight excluding hydrogens is 198 g/mol. The standard InChI is InChI=1S/C10H17NO2S/c1-8(4-5-12)11-7-9(13)10-3-2-6-14-10/h2-3,6,8-9,11-13H,4-5,7H2,1H3. The van der Waals surface area contributed by atoms with Crippen molar-refractivity contribution in [2.24, 2.45) is 0 Å². The molecule has 0 saturated carbocycles. The largest absolute Gasteiger partial charge is 0.396 e. The lowest BCUT2D eigenvalue weighted by Crippen LogP contribution is -2.30. The van der Waals surface area contributed by atoms with Gasteiger partial charge in [0.2, 0.25) is 0 Å². The number of aliphatic hydroxyl groups excluding tert-OH is 2. The van der Waals surface area contributed by atoms with Gasteiger partial charge in [-0.1, -0.05) is 6.07 Å². The lowest BCUT2D eigenvalue weighted by Gasteiger charge is -2.15. The van der Waals surface area contributed by atoms with Gasteiger partial charge in [0.05, 0.1) is 0 Å². The summed E-state index contributed by atoms with van der Waals surface area (Å²) in [6, 6.07) is 4.10. The fourth-order valence-corrected chi connectivity index (χ4v) is 1.90. The molecule has 0 aromatic carbocycles. The molecule has 0 aliphatic heterocycles. The topological polar surface area (TPSA) is 52.5 Å². The van der Waals surface area contributed by atoms with Gasteiger partial charge in [0.25, 0.3) is 0 Å². The third-order valence-electron chi connectivity index (χ3n) is 2.09. The van der Waals surface area contributed by atoms with Crippen molar-refractivity contribution in [2.45, 2.75) is 25.5 Å². The zero-order valence-electron chi connectivity index (χ0n) is 8.31. The molecule has 0 bridgehead atoms. The van der Waals surface area contributed by atoms with E-state index >= 15 is 0 Å². The van der Waals surface area contributed by atoms with Crippen LogP contribution < -0.4 is 5.32 Å². The molecule has 3 nitrogen and oxygen atoms in total. The van der Waals surface area contributed by atoms with Gasteiger partial charge < -0.3 is 15.5 Å². The van der Waals surface area contributed by atoms with Gasteiger partial charge in [-0.05, 0) is 24.8 Å². The Morgan fingerprint density at radius 3 is 2.93 bits per heavy atom. The smallest absolute Gasteiger partial charge is 0.101 e. The Bertz CT molecular complexity index is 238. The van der Waals surface area contributed by atoms with Crippen LogP contribution in [0, 0.1) is 0 Å². The van der Waals surface area contributed by atoms with Gasteiger partial charge in [0, 0.05) is 24.1 Å². The van der Waals surface area contributed by atoms with Crippen molar-refractivity contribution in [3.05, 3.63) is 22.4 Å². The van der Waals surface area contributed by atoms with E-state index < -0.39 is 6.10 Å². The Morgan fingerprint density at radius 2 is 2.36 bits per heavy atom. The Labute approximate surface area is 88.4 Å². The molecule has 1 aromatic heterocycles. The number of thiophene rings is 1. The van der Waals surface area contributed by atoms with Gasteiger partial charge >= 0.3 is 0 Å². The highest BCUT2D eigenvalue weighted by Gasteiger charge is 2.09. The minimum atomic E-state index is -0.434. The van der Waals surface area contributed by atoms with Gasteiger partial charge in [-0.15, -0.1) is 11.3 Å². The quantitative estimate of drug-likeness (QED) is 0.667. The Morgan fingerprint density at radius 1 is 1.57 bits per heavy atom. The molecule has 2 unspecified atom stereocenters. The second-order valence-corrected chi connectivity index (χ2v) is 4.33. The van der Waals surface area contributed by atoms with Crippen molar-refractivity contribution >= 4 is 11.3 Å². The second kappa shape index (κ2) is 6.14. The van der Waals surface area contributed by atoms with Crippen molar-refractivity contribution in [1.29, 1.82) is 0 Å². The molecule has 3 N–H and O–H groups in total. The summed E-state index contributed by atoms with van der Waals surface area (Å²) < 4.78 is 0. The van der Waals surface area contributed by atoms with E-state index in [1.807, 2.05) is 24.4 Å². The van der Waals surface area contributed by atoms with E-state index in [1.165, 1.54) is 0 Å². The maximum absolute atomic E-state index is 9.71. The Hall–Kier alpha value is -0.420. The van der Waals surface area contributed by atoms with Gasteiger partial charge in [0.15, 0.2) is 0 Å². The average molecular weight is 215 g/mol. The highest BCUT2D eigenvalue weighted by Crippen LogP contribution is 2.17. The first-order chi connectivity index (χ1) is 6.74. The molecule has 0 amide bonds. The minimum absolute atomic E-state index is 0.184. The van der Waals surface area contributed by atoms with E-state index in [4.69, 9.17) is 5.11 Å². The predicted octanol–water partition coefficient (Wildman–Crippen LogP) is 1.14. The first-order valence-electron chi connectivity index (χ1n) is 4.79. The molecular formula is C10H17NO2S. The van der Waals surface area contributed by atoms with Crippen LogP contribution in [0.1, 0.15) is 24.3 Å². The Kier molecular flexibility index (Phi) is 5.11. The molecule has 1 heterocycles. The van der Waals surface area contributed by atoms with E-state index in [0.717, 1.165) is 11.3 Å². The van der Waals surface area contributed by atoms with Gasteiger partial charge in [-0.25, -0.2) is 0 Å². The maximum Gasteiger partial charge on any atom is 0.101 e. The van der Waals surface area contributed by atoms with E-state index in [9.17, 15) is 5.11 Å². The number of hydrogen-bond acceptors (Lipinski definition) is 4. The first kappa shape index (κ1) is 11.7. The molecule has 1 aromatic rings. The molecule has 0 radical (unpaired) electrons. The number of hydrogen-bond donors (Lipinski definition) is 3. The summed E-state index contributed by atoms with van der Waals surface area (Å²) in [5.74, 6) is 0. The van der Waals surface area contributed by atoms with Crippen molar-refractivity contribution in [2.75, 3.05) is 13.2 Å². The number of rotatable bonds is 6. The van der Waals surface area contributed by atoms with Crippen LogP contribution in [0.2, 0.25) is 0 Å². The predicted molar refractivity (Wildman–Crippen MR) is 58.4 cm³/mol. The summed E-state index contributed by atoms with van der Waals surface area (Å²) in [5.41, 5.74) is 0. The number of nitrogens with one attached hydrogen (secondary N) is 1. The van der Waals surface area contributed by atoms with E-state index in [0.29, 0.717) is 6.54 Å². The molecule has 80 valence electrons. The zero-order valence-corrected chi connectivity index (χ0v) is 9.13. The van der Waals surface area contributed by atoms with Crippen molar-refractivity contribution in [1.82, 2.24) is 5.32 Å². The fourth-order valence-electron chi connectivity index (χ4n) is 1.19. The van der Waals surface area contributed by atoms with Gasteiger partial charge in [-0.3, -0.25) is 0 Å². The molecule has 4 heteroatoms. The highest BCUT2D eigenvalue weighted by molar-refractivity contribution is 7.10. The Balaban J connectivity index is 2.24.